The molecule has 0 unspecified atom stereocenters. The molecule has 0 saturated heterocycles. The van der Waals surface area contributed by atoms with Gasteiger partial charge in [0.1, 0.15) is 11.5 Å². The lowest BCUT2D eigenvalue weighted by atomic mass is 10.1. The highest BCUT2D eigenvalue weighted by Gasteiger charge is 2.30. The number of halogens is 3. The second-order valence-corrected chi connectivity index (χ2v) is 6.42. The molecule has 0 radical (unpaired) electrons. The Hall–Kier alpha value is -4.21. The maximum Gasteiger partial charge on any atom is 0.416 e. The Kier molecular flexibility index (Phi) is 4.90. The number of esters is 1. The van der Waals surface area contributed by atoms with Gasteiger partial charge >= 0.3 is 12.1 Å². The summed E-state index contributed by atoms with van der Waals surface area (Å²) in [6, 6.07) is 13.0. The Morgan fingerprint density at radius 1 is 1.00 bits per heavy atom. The monoisotopic (exact) mass is 428 g/mol. The number of furan rings is 1. The number of nitro groups is 1. The predicted octanol–water partition coefficient (Wildman–Crippen LogP) is 5.22. The van der Waals surface area contributed by atoms with Gasteiger partial charge in [0.05, 0.1) is 10.5 Å². The van der Waals surface area contributed by atoms with Crippen LogP contribution in [-0.4, -0.2) is 16.8 Å². The summed E-state index contributed by atoms with van der Waals surface area (Å²) < 4.78 is 49.3. The number of aliphatic imine (C=N–C) groups is 1. The molecule has 1 aliphatic rings. The minimum atomic E-state index is -4.49. The highest BCUT2D eigenvalue weighted by atomic mass is 19.4. The molecule has 0 bridgehead atoms. The lowest BCUT2D eigenvalue weighted by Gasteiger charge is -2.07. The van der Waals surface area contributed by atoms with E-state index in [4.69, 9.17) is 9.15 Å². The van der Waals surface area contributed by atoms with Gasteiger partial charge in [-0.1, -0.05) is 18.2 Å². The van der Waals surface area contributed by atoms with E-state index in [1.807, 2.05) is 0 Å². The first-order valence-corrected chi connectivity index (χ1v) is 8.75. The van der Waals surface area contributed by atoms with E-state index in [9.17, 15) is 28.1 Å². The highest BCUT2D eigenvalue weighted by molar-refractivity contribution is 6.12. The first kappa shape index (κ1) is 20.1. The number of carbonyl (C=O) groups is 1. The topological polar surface area (TPSA) is 94.9 Å². The summed E-state index contributed by atoms with van der Waals surface area (Å²) in [6.45, 7) is 0. The fourth-order valence-corrected chi connectivity index (χ4v) is 2.85. The Labute approximate surface area is 172 Å². The minimum Gasteiger partial charge on any atom is -0.457 e. The Morgan fingerprint density at radius 3 is 2.48 bits per heavy atom. The number of rotatable bonds is 4. The number of hydrogen-bond acceptors (Lipinski definition) is 6. The summed E-state index contributed by atoms with van der Waals surface area (Å²) in [5, 5.41) is 10.9. The van der Waals surface area contributed by atoms with Crippen molar-refractivity contribution < 1.29 is 32.0 Å². The molecule has 156 valence electrons. The van der Waals surface area contributed by atoms with Crippen LogP contribution in [0.2, 0.25) is 0 Å². The summed E-state index contributed by atoms with van der Waals surface area (Å²) in [5.74, 6) is -0.557. The molecule has 0 fully saturated rings. The third-order valence-corrected chi connectivity index (χ3v) is 4.30. The van der Waals surface area contributed by atoms with E-state index in [0.29, 0.717) is 0 Å². The van der Waals surface area contributed by atoms with Crippen molar-refractivity contribution in [2.75, 3.05) is 0 Å². The number of benzene rings is 2. The van der Waals surface area contributed by atoms with Crippen molar-refractivity contribution in [3.8, 4) is 11.3 Å². The SMILES string of the molecule is O=C1OC(c2cccc([N+](=O)[O-])c2)=N/C1=C\c1ccc(-c2cccc(C(F)(F)F)c2)o1. The predicted molar refractivity (Wildman–Crippen MR) is 103 cm³/mol. The van der Waals surface area contributed by atoms with Gasteiger partial charge < -0.3 is 9.15 Å². The van der Waals surface area contributed by atoms with E-state index in [0.717, 1.165) is 12.1 Å². The molecule has 0 N–H and O–H groups in total. The quantitative estimate of drug-likeness (QED) is 0.246. The molecule has 2 heterocycles. The smallest absolute Gasteiger partial charge is 0.416 e. The van der Waals surface area contributed by atoms with Crippen LogP contribution in [0.25, 0.3) is 17.4 Å². The van der Waals surface area contributed by atoms with Crippen molar-refractivity contribution in [1.82, 2.24) is 0 Å². The van der Waals surface area contributed by atoms with E-state index in [1.165, 1.54) is 54.6 Å². The summed E-state index contributed by atoms with van der Waals surface area (Å²) in [5.41, 5.74) is -0.659. The van der Waals surface area contributed by atoms with E-state index < -0.39 is 22.6 Å². The van der Waals surface area contributed by atoms with Gasteiger partial charge in [0.25, 0.3) is 5.69 Å². The fraction of sp³-hybridized carbons (Fsp3) is 0.0476. The second kappa shape index (κ2) is 7.56. The van der Waals surface area contributed by atoms with Gasteiger partial charge in [-0.25, -0.2) is 9.79 Å². The van der Waals surface area contributed by atoms with Crippen molar-refractivity contribution >= 4 is 23.6 Å². The molecule has 0 atom stereocenters. The minimum absolute atomic E-state index is 0.107. The number of ether oxygens (including phenoxy) is 1. The zero-order chi connectivity index (χ0) is 22.2. The number of alkyl halides is 3. The molecule has 1 aromatic heterocycles. The van der Waals surface area contributed by atoms with Crippen LogP contribution in [0.5, 0.6) is 0 Å². The van der Waals surface area contributed by atoms with Gasteiger partial charge in [-0.3, -0.25) is 10.1 Å². The molecule has 1 aliphatic heterocycles. The molecule has 4 rings (SSSR count). The van der Waals surface area contributed by atoms with Gasteiger partial charge in [-0.05, 0) is 30.3 Å². The van der Waals surface area contributed by atoms with Crippen molar-refractivity contribution in [3.05, 3.63) is 93.4 Å². The number of hydrogen-bond donors (Lipinski definition) is 0. The number of nitro benzene ring substituents is 1. The molecular formula is C21H11F3N2O5. The number of nitrogens with zero attached hydrogens (tertiary/aromatic N) is 2. The van der Waals surface area contributed by atoms with Crippen molar-refractivity contribution in [2.24, 2.45) is 4.99 Å². The van der Waals surface area contributed by atoms with Gasteiger partial charge in [0, 0.05) is 29.3 Å². The standard InChI is InChI=1S/C21H11F3N2O5/c22-21(23,24)14-5-1-3-12(9-14)18-8-7-16(30-18)11-17-20(27)31-19(25-17)13-4-2-6-15(10-13)26(28)29/h1-11H/b17-11-. The Bertz CT molecular complexity index is 1260. The van der Waals surface area contributed by atoms with E-state index in [1.54, 1.807) is 0 Å². The molecule has 0 aliphatic carbocycles. The van der Waals surface area contributed by atoms with Crippen LogP contribution in [0.15, 0.2) is 75.8 Å². The van der Waals surface area contributed by atoms with E-state index in [2.05, 4.69) is 4.99 Å². The van der Waals surface area contributed by atoms with Gasteiger partial charge in [-0.2, -0.15) is 13.2 Å². The summed E-state index contributed by atoms with van der Waals surface area (Å²) >= 11 is 0. The van der Waals surface area contributed by atoms with Crippen LogP contribution in [0.3, 0.4) is 0 Å². The average Bonchev–Trinajstić information content (AvgIpc) is 3.35. The molecule has 31 heavy (non-hydrogen) atoms. The maximum absolute atomic E-state index is 12.9. The average molecular weight is 428 g/mol. The van der Waals surface area contributed by atoms with Crippen LogP contribution >= 0.6 is 0 Å². The zero-order valence-corrected chi connectivity index (χ0v) is 15.4. The Morgan fingerprint density at radius 2 is 1.74 bits per heavy atom. The molecule has 7 nitrogen and oxygen atoms in total. The largest absolute Gasteiger partial charge is 0.457 e. The van der Waals surface area contributed by atoms with Crippen molar-refractivity contribution in [2.45, 2.75) is 6.18 Å². The van der Waals surface area contributed by atoms with Crippen LogP contribution in [-0.2, 0) is 15.7 Å². The molecule has 2 aromatic carbocycles. The maximum atomic E-state index is 12.9. The van der Waals surface area contributed by atoms with Crippen LogP contribution in [0, 0.1) is 10.1 Å². The van der Waals surface area contributed by atoms with Gasteiger partial charge in [0.2, 0.25) is 5.90 Å². The van der Waals surface area contributed by atoms with Gasteiger partial charge in [-0.15, -0.1) is 0 Å². The molecule has 0 saturated carbocycles. The first-order chi connectivity index (χ1) is 14.7. The van der Waals surface area contributed by atoms with Crippen molar-refractivity contribution in [3.63, 3.8) is 0 Å². The number of non-ortho nitro benzene ring substituents is 1. The lowest BCUT2D eigenvalue weighted by molar-refractivity contribution is -0.384. The second-order valence-electron chi connectivity index (χ2n) is 6.42. The summed E-state index contributed by atoms with van der Waals surface area (Å²) in [4.78, 5) is 26.5. The summed E-state index contributed by atoms with van der Waals surface area (Å²) in [7, 11) is 0. The van der Waals surface area contributed by atoms with Crippen LogP contribution < -0.4 is 0 Å². The lowest BCUT2D eigenvalue weighted by Crippen LogP contribution is -2.05. The molecule has 0 amide bonds. The summed E-state index contributed by atoms with van der Waals surface area (Å²) in [6.07, 6.45) is -3.22. The van der Waals surface area contributed by atoms with Gasteiger partial charge in [0.15, 0.2) is 5.70 Å². The van der Waals surface area contributed by atoms with Crippen molar-refractivity contribution in [1.29, 1.82) is 0 Å². The van der Waals surface area contributed by atoms with E-state index >= 15 is 0 Å². The number of cyclic esters (lactones) is 1. The van der Waals surface area contributed by atoms with E-state index in [-0.39, 0.29) is 39.9 Å². The molecule has 10 heteroatoms. The van der Waals surface area contributed by atoms with Crippen LogP contribution in [0.4, 0.5) is 18.9 Å². The molecular weight excluding hydrogens is 417 g/mol. The Balaban J connectivity index is 1.62. The number of carbonyl (C=O) groups excluding carboxylic acids is 1. The van der Waals surface area contributed by atoms with Crippen LogP contribution in [0.1, 0.15) is 16.9 Å². The first-order valence-electron chi connectivity index (χ1n) is 8.75. The normalized spacial score (nSPS) is 15.1. The molecule has 3 aromatic rings. The fourth-order valence-electron chi connectivity index (χ4n) is 2.85. The zero-order valence-electron chi connectivity index (χ0n) is 15.4. The third-order valence-electron chi connectivity index (χ3n) is 4.30. The molecule has 0 spiro atoms. The third kappa shape index (κ3) is 4.22. The highest BCUT2D eigenvalue weighted by Crippen LogP contribution is 2.33.